The summed E-state index contributed by atoms with van der Waals surface area (Å²) in [6.07, 6.45) is 9.02. The molecule has 4 rings (SSSR count). The molecule has 1 aliphatic rings. The molecular formula is C19H21ClN4O2. The maximum absolute atomic E-state index is 10.4. The molecule has 0 spiro atoms. The summed E-state index contributed by atoms with van der Waals surface area (Å²) in [6.45, 7) is 0. The molecule has 0 unspecified atom stereocenters. The maximum Gasteiger partial charge on any atom is 0.128 e. The van der Waals surface area contributed by atoms with Crippen LogP contribution in [-0.2, 0) is 0 Å². The topological polar surface area (TPSA) is 65.1 Å². The number of halogens is 1. The predicted molar refractivity (Wildman–Crippen MR) is 99.9 cm³/mol. The van der Waals surface area contributed by atoms with Gasteiger partial charge in [0.05, 0.1) is 25.5 Å². The van der Waals surface area contributed by atoms with Crippen LogP contribution in [0.4, 0.5) is 0 Å². The molecule has 1 aromatic carbocycles. The van der Waals surface area contributed by atoms with E-state index in [1.807, 2.05) is 35.3 Å². The van der Waals surface area contributed by atoms with Crippen molar-refractivity contribution in [2.75, 3.05) is 7.11 Å². The van der Waals surface area contributed by atoms with E-state index in [0.29, 0.717) is 10.8 Å². The summed E-state index contributed by atoms with van der Waals surface area (Å²) in [6, 6.07) is 7.30. The number of aromatic nitrogens is 4. The van der Waals surface area contributed by atoms with Gasteiger partial charge in [0, 0.05) is 23.0 Å². The van der Waals surface area contributed by atoms with Crippen LogP contribution in [0.3, 0.4) is 0 Å². The fraction of sp³-hybridized carbons (Fsp3) is 0.368. The van der Waals surface area contributed by atoms with Gasteiger partial charge in [0.1, 0.15) is 17.1 Å². The van der Waals surface area contributed by atoms with Gasteiger partial charge in [0.25, 0.3) is 0 Å². The van der Waals surface area contributed by atoms with Gasteiger partial charge in [-0.15, -0.1) is 0 Å². The second-order valence-corrected chi connectivity index (χ2v) is 6.99. The van der Waals surface area contributed by atoms with E-state index in [0.717, 1.165) is 42.6 Å². The lowest BCUT2D eigenvalue weighted by Crippen LogP contribution is -2.27. The molecule has 2 atom stereocenters. The summed E-state index contributed by atoms with van der Waals surface area (Å²) in [5.41, 5.74) is 2.36. The van der Waals surface area contributed by atoms with Gasteiger partial charge < -0.3 is 9.84 Å². The van der Waals surface area contributed by atoms with Crippen LogP contribution in [0, 0.1) is 0 Å². The smallest absolute Gasteiger partial charge is 0.128 e. The Labute approximate surface area is 157 Å². The van der Waals surface area contributed by atoms with Gasteiger partial charge in [-0.2, -0.15) is 10.2 Å². The molecule has 26 heavy (non-hydrogen) atoms. The number of hydrogen-bond donors (Lipinski definition) is 1. The van der Waals surface area contributed by atoms with Gasteiger partial charge in [-0.3, -0.25) is 4.68 Å². The highest BCUT2D eigenvalue weighted by Crippen LogP contribution is 2.37. The number of hydrogen-bond acceptors (Lipinski definition) is 4. The van der Waals surface area contributed by atoms with E-state index in [4.69, 9.17) is 21.4 Å². The average Bonchev–Trinajstić information content (AvgIpc) is 3.31. The zero-order chi connectivity index (χ0) is 18.1. The van der Waals surface area contributed by atoms with Crippen LogP contribution < -0.4 is 4.74 Å². The van der Waals surface area contributed by atoms with Crippen molar-refractivity contribution >= 4 is 11.6 Å². The normalized spacial score (nSPS) is 20.3. The molecule has 1 saturated carbocycles. The van der Waals surface area contributed by atoms with Crippen LogP contribution in [0.1, 0.15) is 31.7 Å². The largest absolute Gasteiger partial charge is 0.496 e. The molecule has 3 aromatic rings. The number of nitrogens with zero attached hydrogens (tertiary/aromatic N) is 4. The van der Waals surface area contributed by atoms with E-state index in [2.05, 4.69) is 5.10 Å². The van der Waals surface area contributed by atoms with Gasteiger partial charge >= 0.3 is 0 Å². The summed E-state index contributed by atoms with van der Waals surface area (Å²) in [5, 5.41) is 20.2. The number of methoxy groups -OCH3 is 1. The summed E-state index contributed by atoms with van der Waals surface area (Å²) >= 11 is 6.23. The van der Waals surface area contributed by atoms with E-state index < -0.39 is 0 Å². The summed E-state index contributed by atoms with van der Waals surface area (Å²) in [4.78, 5) is 0. The molecule has 0 amide bonds. The highest BCUT2D eigenvalue weighted by molar-refractivity contribution is 6.31. The number of aliphatic hydroxyl groups is 1. The fourth-order valence-electron chi connectivity index (χ4n) is 3.59. The molecule has 0 aliphatic heterocycles. The zero-order valence-corrected chi connectivity index (χ0v) is 15.3. The Morgan fingerprint density at radius 2 is 2.12 bits per heavy atom. The average molecular weight is 373 g/mol. The minimum atomic E-state index is -0.386. The molecule has 136 valence electrons. The van der Waals surface area contributed by atoms with Crippen molar-refractivity contribution in [1.29, 1.82) is 0 Å². The number of aliphatic hydroxyl groups excluding tert-OH is 1. The summed E-state index contributed by atoms with van der Waals surface area (Å²) in [5.74, 6) is 0.692. The number of ether oxygens (including phenoxy) is 1. The SMILES string of the molecule is COc1ccc(Cl)cc1-c1nn([C@H]2CCCC[C@H]2O)cc1-n1cccn1. The van der Waals surface area contributed by atoms with Crippen LogP contribution in [0.2, 0.25) is 5.02 Å². The van der Waals surface area contributed by atoms with Crippen LogP contribution in [0.25, 0.3) is 16.9 Å². The van der Waals surface area contributed by atoms with Crippen molar-refractivity contribution in [2.45, 2.75) is 37.8 Å². The Kier molecular flexibility index (Phi) is 4.70. The Hall–Kier alpha value is -2.31. The first-order valence-corrected chi connectivity index (χ1v) is 9.16. The van der Waals surface area contributed by atoms with Gasteiger partial charge in [-0.25, -0.2) is 4.68 Å². The predicted octanol–water partition coefficient (Wildman–Crippen LogP) is 3.87. The third-order valence-corrected chi connectivity index (χ3v) is 5.15. The maximum atomic E-state index is 10.4. The Morgan fingerprint density at radius 3 is 2.85 bits per heavy atom. The number of benzene rings is 1. The molecule has 1 N–H and O–H groups in total. The first-order valence-electron chi connectivity index (χ1n) is 8.78. The molecule has 2 aromatic heterocycles. The van der Waals surface area contributed by atoms with Crippen molar-refractivity contribution in [2.24, 2.45) is 0 Å². The van der Waals surface area contributed by atoms with Gasteiger partial charge in [-0.1, -0.05) is 24.4 Å². The standard InChI is InChI=1S/C19H21ClN4O2/c1-26-18-8-7-13(20)11-14(18)19-16(23-10-4-9-21-23)12-24(22-19)15-5-2-3-6-17(15)25/h4,7-12,15,17,25H,2-3,5-6H2,1H3/t15-,17+/m0/s1. The highest BCUT2D eigenvalue weighted by atomic mass is 35.5. The zero-order valence-electron chi connectivity index (χ0n) is 14.5. The van der Waals surface area contributed by atoms with Crippen molar-refractivity contribution in [3.63, 3.8) is 0 Å². The van der Waals surface area contributed by atoms with E-state index in [1.54, 1.807) is 24.1 Å². The molecule has 0 radical (unpaired) electrons. The Balaban J connectivity index is 1.87. The van der Waals surface area contributed by atoms with Gasteiger partial charge in [0.15, 0.2) is 0 Å². The van der Waals surface area contributed by atoms with Crippen molar-refractivity contribution in [1.82, 2.24) is 19.6 Å². The van der Waals surface area contributed by atoms with Gasteiger partial charge in [-0.05, 0) is 37.1 Å². The van der Waals surface area contributed by atoms with Crippen LogP contribution in [0.15, 0.2) is 42.9 Å². The second kappa shape index (κ2) is 7.13. The first-order chi connectivity index (χ1) is 12.7. The quantitative estimate of drug-likeness (QED) is 0.754. The minimum absolute atomic E-state index is 0.0306. The second-order valence-electron chi connectivity index (χ2n) is 6.56. The minimum Gasteiger partial charge on any atom is -0.496 e. The lowest BCUT2D eigenvalue weighted by atomic mass is 9.93. The van der Waals surface area contributed by atoms with E-state index >= 15 is 0 Å². The third-order valence-electron chi connectivity index (χ3n) is 4.91. The van der Waals surface area contributed by atoms with Crippen molar-refractivity contribution < 1.29 is 9.84 Å². The molecular weight excluding hydrogens is 352 g/mol. The lowest BCUT2D eigenvalue weighted by Gasteiger charge is -2.27. The third kappa shape index (κ3) is 3.10. The van der Waals surface area contributed by atoms with Gasteiger partial charge in [0.2, 0.25) is 0 Å². The van der Waals surface area contributed by atoms with E-state index in [9.17, 15) is 5.11 Å². The lowest BCUT2D eigenvalue weighted by molar-refractivity contribution is 0.0695. The van der Waals surface area contributed by atoms with Crippen molar-refractivity contribution in [3.8, 4) is 22.7 Å². The molecule has 7 heteroatoms. The Morgan fingerprint density at radius 1 is 1.27 bits per heavy atom. The molecule has 0 bridgehead atoms. The molecule has 6 nitrogen and oxygen atoms in total. The Bertz CT molecular complexity index is 891. The van der Waals surface area contributed by atoms with E-state index in [-0.39, 0.29) is 12.1 Å². The molecule has 0 saturated heterocycles. The number of rotatable bonds is 4. The molecule has 1 aliphatic carbocycles. The monoisotopic (exact) mass is 372 g/mol. The summed E-state index contributed by atoms with van der Waals surface area (Å²) in [7, 11) is 1.63. The van der Waals surface area contributed by atoms with E-state index in [1.165, 1.54) is 0 Å². The first kappa shape index (κ1) is 17.1. The highest BCUT2D eigenvalue weighted by Gasteiger charge is 2.27. The van der Waals surface area contributed by atoms with Crippen LogP contribution >= 0.6 is 11.6 Å². The molecule has 1 fully saturated rings. The van der Waals surface area contributed by atoms with Crippen molar-refractivity contribution in [3.05, 3.63) is 47.9 Å². The van der Waals surface area contributed by atoms with Crippen LogP contribution in [-0.4, -0.2) is 37.9 Å². The van der Waals surface area contributed by atoms with Crippen LogP contribution in [0.5, 0.6) is 5.75 Å². The fourth-order valence-corrected chi connectivity index (χ4v) is 3.76. The molecule has 2 heterocycles. The summed E-state index contributed by atoms with van der Waals surface area (Å²) < 4.78 is 9.16.